The average Bonchev–Trinajstić information content (AvgIpc) is 2.92. The summed E-state index contributed by atoms with van der Waals surface area (Å²) in [6.45, 7) is 3.76. The SMILES string of the molecule is CC(C)Oc1c(Br)cc(-c2nc3ccccc3[nH]2)cc1B(O)O. The van der Waals surface area contributed by atoms with Gasteiger partial charge < -0.3 is 19.8 Å². The van der Waals surface area contributed by atoms with E-state index in [-0.39, 0.29) is 6.10 Å². The number of para-hydroxylation sites is 2. The van der Waals surface area contributed by atoms with E-state index in [1.54, 1.807) is 6.07 Å². The Morgan fingerprint density at radius 1 is 1.22 bits per heavy atom. The lowest BCUT2D eigenvalue weighted by atomic mass is 9.78. The number of aromatic amines is 1. The van der Waals surface area contributed by atoms with Crippen LogP contribution in [0.4, 0.5) is 0 Å². The quantitative estimate of drug-likeness (QED) is 0.613. The molecule has 3 N–H and O–H groups in total. The van der Waals surface area contributed by atoms with Gasteiger partial charge in [-0.15, -0.1) is 0 Å². The topological polar surface area (TPSA) is 78.4 Å². The van der Waals surface area contributed by atoms with Crippen molar-refractivity contribution in [2.75, 3.05) is 0 Å². The highest BCUT2D eigenvalue weighted by Crippen LogP contribution is 2.30. The van der Waals surface area contributed by atoms with Crippen LogP contribution in [0.3, 0.4) is 0 Å². The Labute approximate surface area is 142 Å². The third-order valence-corrected chi connectivity index (χ3v) is 3.96. The maximum atomic E-state index is 9.68. The summed E-state index contributed by atoms with van der Waals surface area (Å²) in [7, 11) is -1.63. The summed E-state index contributed by atoms with van der Waals surface area (Å²) in [5.74, 6) is 1.08. The van der Waals surface area contributed by atoms with Crippen LogP contribution in [0.15, 0.2) is 40.9 Å². The van der Waals surface area contributed by atoms with Crippen molar-refractivity contribution >= 4 is 39.5 Å². The minimum atomic E-state index is -1.63. The van der Waals surface area contributed by atoms with Crippen LogP contribution < -0.4 is 10.2 Å². The van der Waals surface area contributed by atoms with Crippen LogP contribution in [0, 0.1) is 0 Å². The van der Waals surface area contributed by atoms with Crippen molar-refractivity contribution in [1.82, 2.24) is 9.97 Å². The molecule has 7 heteroatoms. The van der Waals surface area contributed by atoms with E-state index in [0.29, 0.717) is 21.5 Å². The average molecular weight is 375 g/mol. The van der Waals surface area contributed by atoms with E-state index in [2.05, 4.69) is 25.9 Å². The number of aromatic nitrogens is 2. The molecule has 0 spiro atoms. The van der Waals surface area contributed by atoms with Gasteiger partial charge in [-0.3, -0.25) is 0 Å². The maximum absolute atomic E-state index is 9.68. The van der Waals surface area contributed by atoms with Gasteiger partial charge in [-0.1, -0.05) is 12.1 Å². The fraction of sp³-hybridized carbons (Fsp3) is 0.188. The molecule has 1 heterocycles. The Balaban J connectivity index is 2.12. The van der Waals surface area contributed by atoms with Crippen molar-refractivity contribution in [3.8, 4) is 17.1 Å². The van der Waals surface area contributed by atoms with E-state index >= 15 is 0 Å². The lowest BCUT2D eigenvalue weighted by molar-refractivity contribution is 0.242. The second-order valence-electron chi connectivity index (χ2n) is 5.52. The predicted molar refractivity (Wildman–Crippen MR) is 94.8 cm³/mol. The molecule has 1 aromatic heterocycles. The van der Waals surface area contributed by atoms with Gasteiger partial charge in [0.2, 0.25) is 0 Å². The normalized spacial score (nSPS) is 11.2. The van der Waals surface area contributed by atoms with Crippen LogP contribution in [0.2, 0.25) is 0 Å². The molecule has 0 saturated heterocycles. The Hall–Kier alpha value is -1.83. The van der Waals surface area contributed by atoms with E-state index in [4.69, 9.17) is 4.74 Å². The number of nitrogens with zero attached hydrogens (tertiary/aromatic N) is 1. The Bertz CT molecular complexity index is 815. The molecule has 5 nitrogen and oxygen atoms in total. The van der Waals surface area contributed by atoms with Gasteiger partial charge in [0.1, 0.15) is 11.6 Å². The lowest BCUT2D eigenvalue weighted by Gasteiger charge is -2.17. The number of halogens is 1. The van der Waals surface area contributed by atoms with Crippen LogP contribution in [0.5, 0.6) is 5.75 Å². The molecule has 0 aliphatic carbocycles. The first-order valence-corrected chi connectivity index (χ1v) is 8.06. The molecule has 0 unspecified atom stereocenters. The van der Waals surface area contributed by atoms with Crippen molar-refractivity contribution in [3.63, 3.8) is 0 Å². The van der Waals surface area contributed by atoms with Crippen LogP contribution >= 0.6 is 15.9 Å². The molecule has 23 heavy (non-hydrogen) atoms. The Kier molecular flexibility index (Phi) is 4.43. The monoisotopic (exact) mass is 374 g/mol. The van der Waals surface area contributed by atoms with Crippen LogP contribution in [0.25, 0.3) is 22.4 Å². The van der Waals surface area contributed by atoms with Gasteiger partial charge in [0.25, 0.3) is 0 Å². The largest absolute Gasteiger partial charge is 0.492 e. The first-order valence-electron chi connectivity index (χ1n) is 7.27. The second kappa shape index (κ2) is 6.35. The third-order valence-electron chi connectivity index (χ3n) is 3.37. The first kappa shape index (κ1) is 16.0. The summed E-state index contributed by atoms with van der Waals surface area (Å²) in [4.78, 5) is 7.76. The summed E-state index contributed by atoms with van der Waals surface area (Å²) in [6.07, 6.45) is -0.0825. The first-order chi connectivity index (χ1) is 11.0. The zero-order valence-electron chi connectivity index (χ0n) is 12.7. The number of imidazole rings is 1. The van der Waals surface area contributed by atoms with E-state index in [1.165, 1.54) is 0 Å². The number of hydrogen-bond donors (Lipinski definition) is 3. The summed E-state index contributed by atoms with van der Waals surface area (Å²) < 4.78 is 6.34. The van der Waals surface area contributed by atoms with Crippen molar-refractivity contribution in [2.45, 2.75) is 20.0 Å². The molecule has 0 amide bonds. The number of H-pyrrole nitrogens is 1. The number of nitrogens with one attached hydrogen (secondary N) is 1. The second-order valence-corrected chi connectivity index (χ2v) is 6.37. The van der Waals surface area contributed by atoms with Crippen molar-refractivity contribution in [2.24, 2.45) is 0 Å². The van der Waals surface area contributed by atoms with Crippen LogP contribution in [-0.4, -0.2) is 33.2 Å². The number of benzene rings is 2. The molecule has 0 bridgehead atoms. The number of ether oxygens (including phenoxy) is 1. The molecule has 0 aliphatic rings. The molecular formula is C16H16BBrN2O3. The van der Waals surface area contributed by atoms with Crippen molar-refractivity contribution in [1.29, 1.82) is 0 Å². The molecule has 118 valence electrons. The van der Waals surface area contributed by atoms with Gasteiger partial charge in [0.05, 0.1) is 21.6 Å². The molecule has 3 aromatic rings. The third kappa shape index (κ3) is 3.27. The van der Waals surface area contributed by atoms with E-state index in [1.807, 2.05) is 44.2 Å². The van der Waals surface area contributed by atoms with E-state index in [0.717, 1.165) is 16.6 Å². The highest BCUT2D eigenvalue weighted by molar-refractivity contribution is 9.10. The summed E-state index contributed by atoms with van der Waals surface area (Å²) >= 11 is 3.45. The molecular weight excluding hydrogens is 359 g/mol. The highest BCUT2D eigenvalue weighted by Gasteiger charge is 2.22. The predicted octanol–water partition coefficient (Wildman–Crippen LogP) is 2.46. The Morgan fingerprint density at radius 3 is 2.61 bits per heavy atom. The van der Waals surface area contributed by atoms with Gasteiger partial charge in [0, 0.05) is 11.0 Å². The van der Waals surface area contributed by atoms with Crippen molar-refractivity contribution < 1.29 is 14.8 Å². The molecule has 3 rings (SSSR count). The maximum Gasteiger partial charge on any atom is 0.492 e. The van der Waals surface area contributed by atoms with E-state index in [9.17, 15) is 10.0 Å². The van der Waals surface area contributed by atoms with Gasteiger partial charge in [-0.25, -0.2) is 4.98 Å². The molecule has 2 aromatic carbocycles. The number of hydrogen-bond acceptors (Lipinski definition) is 4. The van der Waals surface area contributed by atoms with Gasteiger partial charge in [0.15, 0.2) is 0 Å². The lowest BCUT2D eigenvalue weighted by Crippen LogP contribution is -2.32. The smallest absolute Gasteiger partial charge is 0.490 e. The minimum absolute atomic E-state index is 0.0825. The van der Waals surface area contributed by atoms with E-state index < -0.39 is 7.12 Å². The van der Waals surface area contributed by atoms with Crippen LogP contribution in [0.1, 0.15) is 13.8 Å². The number of rotatable bonds is 4. The summed E-state index contributed by atoms with van der Waals surface area (Å²) in [5.41, 5.74) is 2.82. The van der Waals surface area contributed by atoms with Gasteiger partial charge >= 0.3 is 7.12 Å². The zero-order valence-corrected chi connectivity index (χ0v) is 14.3. The summed E-state index contributed by atoms with van der Waals surface area (Å²) in [6, 6.07) is 11.2. The van der Waals surface area contributed by atoms with Gasteiger partial charge in [-0.05, 0) is 54.0 Å². The zero-order chi connectivity index (χ0) is 16.6. The molecule has 0 aliphatic heterocycles. The van der Waals surface area contributed by atoms with Gasteiger partial charge in [-0.2, -0.15) is 0 Å². The molecule has 0 radical (unpaired) electrons. The molecule has 0 fully saturated rings. The number of fused-ring (bicyclic) bond motifs is 1. The standard InChI is InChI=1S/C16H16BBrN2O3/c1-9(2)23-15-11(17(21)22)7-10(8-12(15)18)16-19-13-5-3-4-6-14(13)20-16/h3-9,21-22H,1-2H3,(H,19,20). The fourth-order valence-corrected chi connectivity index (χ4v) is 2.96. The van der Waals surface area contributed by atoms with Crippen molar-refractivity contribution in [3.05, 3.63) is 40.9 Å². The fourth-order valence-electron chi connectivity index (χ4n) is 2.39. The molecule has 0 atom stereocenters. The Morgan fingerprint density at radius 2 is 1.96 bits per heavy atom. The highest BCUT2D eigenvalue weighted by atomic mass is 79.9. The van der Waals surface area contributed by atoms with Crippen LogP contribution in [-0.2, 0) is 0 Å². The minimum Gasteiger partial charge on any atom is -0.490 e. The molecule has 0 saturated carbocycles. The summed E-state index contributed by atoms with van der Waals surface area (Å²) in [5, 5.41) is 19.4.